The monoisotopic (exact) mass is 444 g/mol. The van der Waals surface area contributed by atoms with Gasteiger partial charge in [0.05, 0.1) is 10.0 Å². The van der Waals surface area contributed by atoms with E-state index < -0.39 is 18.5 Å². The van der Waals surface area contributed by atoms with Crippen molar-refractivity contribution in [3.8, 4) is 11.8 Å². The molecule has 0 spiro atoms. The third kappa shape index (κ3) is 19.2. The van der Waals surface area contributed by atoms with E-state index in [4.69, 9.17) is 23.2 Å². The van der Waals surface area contributed by atoms with Gasteiger partial charge >= 0.3 is 6.18 Å². The van der Waals surface area contributed by atoms with E-state index in [1.807, 2.05) is 6.07 Å². The molecule has 0 fully saturated rings. The molecule has 9 heteroatoms. The van der Waals surface area contributed by atoms with Crippen molar-refractivity contribution in [2.75, 3.05) is 27.4 Å². The number of allylic oxidation sites excluding steroid dienone is 1. The molecule has 0 saturated heterocycles. The Bertz CT molecular complexity index is 613. The first-order valence-corrected chi connectivity index (χ1v) is 9.06. The molecule has 1 aromatic rings. The predicted octanol–water partition coefficient (Wildman–Crippen LogP) is 5.07. The van der Waals surface area contributed by atoms with Crippen molar-refractivity contribution in [2.24, 2.45) is 5.73 Å². The first kappa shape index (κ1) is 30.4. The van der Waals surface area contributed by atoms with Crippen LogP contribution in [0.15, 0.2) is 30.9 Å². The van der Waals surface area contributed by atoms with Gasteiger partial charge in [0.2, 0.25) is 5.91 Å². The van der Waals surface area contributed by atoms with Crippen molar-refractivity contribution in [2.45, 2.75) is 19.0 Å². The highest BCUT2D eigenvalue weighted by Gasteiger charge is 2.31. The molecule has 154 valence electrons. The first-order chi connectivity index (χ1) is 12.6. The predicted molar refractivity (Wildman–Crippen MR) is 113 cm³/mol. The van der Waals surface area contributed by atoms with Crippen LogP contribution in [0.2, 0.25) is 10.0 Å². The van der Waals surface area contributed by atoms with Crippen molar-refractivity contribution in [1.82, 2.24) is 4.90 Å². The average Bonchev–Trinajstić information content (AvgIpc) is 2.61. The number of carbonyl (C=O) groups excluding carboxylic acids is 1. The van der Waals surface area contributed by atoms with E-state index in [1.54, 1.807) is 24.5 Å². The molecule has 1 rings (SSSR count). The Hall–Kier alpha value is -1.33. The molecular weight excluding hydrogens is 420 g/mol. The van der Waals surface area contributed by atoms with Gasteiger partial charge in [-0.1, -0.05) is 41.1 Å². The van der Waals surface area contributed by atoms with Crippen molar-refractivity contribution in [1.29, 1.82) is 0 Å². The highest BCUT2D eigenvalue weighted by molar-refractivity contribution is 7.79. The normalized spacial score (nSPS) is 8.85. The van der Waals surface area contributed by atoms with Crippen LogP contribution in [0.1, 0.15) is 18.4 Å². The van der Waals surface area contributed by atoms with E-state index in [0.29, 0.717) is 16.5 Å². The molecule has 1 amide bonds. The molecule has 1 aromatic carbocycles. The number of carbonyl (C=O) groups is 1. The number of nitrogens with two attached hydrogens (primary N) is 1. The van der Waals surface area contributed by atoms with Gasteiger partial charge in [-0.05, 0) is 31.5 Å². The van der Waals surface area contributed by atoms with Crippen molar-refractivity contribution in [3.63, 3.8) is 0 Å². The number of benzene rings is 1. The van der Waals surface area contributed by atoms with Crippen molar-refractivity contribution >= 4 is 41.7 Å². The Balaban J connectivity index is -0.000000369. The second-order valence-electron chi connectivity index (χ2n) is 4.50. The molecule has 0 aliphatic heterocycles. The zero-order valence-electron chi connectivity index (χ0n) is 15.7. The number of hydrogen-bond donors (Lipinski definition) is 2. The lowest BCUT2D eigenvalue weighted by atomic mass is 10.2. The minimum atomic E-state index is -4.39. The lowest BCUT2D eigenvalue weighted by Gasteiger charge is -2.11. The first-order valence-electron chi connectivity index (χ1n) is 7.41. The molecule has 0 atom stereocenters. The third-order valence-electron chi connectivity index (χ3n) is 2.25. The Labute approximate surface area is 175 Å². The van der Waals surface area contributed by atoms with Crippen LogP contribution in [-0.4, -0.2) is 44.4 Å². The number of thiol groups is 1. The summed E-state index contributed by atoms with van der Waals surface area (Å²) in [7, 11) is 4.07. The van der Waals surface area contributed by atoms with Gasteiger partial charge in [0, 0.05) is 26.1 Å². The zero-order valence-corrected chi connectivity index (χ0v) is 18.1. The van der Waals surface area contributed by atoms with Crippen LogP contribution in [0.3, 0.4) is 0 Å². The lowest BCUT2D eigenvalue weighted by molar-refractivity contribution is -0.159. The number of alkyl halides is 3. The maximum absolute atomic E-state index is 11.4. The van der Waals surface area contributed by atoms with Crippen LogP contribution in [0.25, 0.3) is 0 Å². The summed E-state index contributed by atoms with van der Waals surface area (Å²) in [5, 5.41) is 1.09. The second kappa shape index (κ2) is 18.1. The smallest absolute Gasteiger partial charge is 0.349 e. The highest BCUT2D eigenvalue weighted by Crippen LogP contribution is 2.22. The molecule has 0 aliphatic carbocycles. The number of halogens is 5. The number of nitrogens with zero attached hydrogens (tertiary/aromatic N) is 1. The van der Waals surface area contributed by atoms with Gasteiger partial charge in [0.15, 0.2) is 0 Å². The Morgan fingerprint density at radius 1 is 1.26 bits per heavy atom. The van der Waals surface area contributed by atoms with E-state index in [1.165, 1.54) is 21.1 Å². The summed E-state index contributed by atoms with van der Waals surface area (Å²) < 4.78 is 34.3. The molecule has 0 bridgehead atoms. The summed E-state index contributed by atoms with van der Waals surface area (Å²) >= 11 is 15.1. The van der Waals surface area contributed by atoms with Gasteiger partial charge in [-0.25, -0.2) is 0 Å². The molecule has 0 heterocycles. The van der Waals surface area contributed by atoms with Crippen LogP contribution in [0, 0.1) is 11.8 Å². The third-order valence-corrected chi connectivity index (χ3v) is 2.99. The number of hydrogen-bond acceptors (Lipinski definition) is 3. The molecule has 0 unspecified atom stereocenters. The van der Waals surface area contributed by atoms with Crippen molar-refractivity contribution < 1.29 is 18.0 Å². The summed E-state index contributed by atoms with van der Waals surface area (Å²) in [6.45, 7) is 3.57. The van der Waals surface area contributed by atoms with Gasteiger partial charge in [-0.2, -0.15) is 25.8 Å². The van der Waals surface area contributed by atoms with Gasteiger partial charge in [-0.3, -0.25) is 4.79 Å². The fourth-order valence-corrected chi connectivity index (χ4v) is 1.43. The minimum absolute atomic E-state index is 0.534. The molecule has 0 radical (unpaired) electrons. The summed E-state index contributed by atoms with van der Waals surface area (Å²) in [6, 6.07) is 5.33. The van der Waals surface area contributed by atoms with Crippen LogP contribution in [0.4, 0.5) is 13.2 Å². The van der Waals surface area contributed by atoms with Crippen LogP contribution in [-0.2, 0) is 4.79 Å². The molecule has 27 heavy (non-hydrogen) atoms. The van der Waals surface area contributed by atoms with Gasteiger partial charge in [0.25, 0.3) is 0 Å². The summed E-state index contributed by atoms with van der Waals surface area (Å²) in [5.74, 6) is 4.95. The minimum Gasteiger partial charge on any atom is -0.349 e. The van der Waals surface area contributed by atoms with E-state index in [9.17, 15) is 18.0 Å². The maximum atomic E-state index is 11.4. The Kier molecular flexibility index (Phi) is 20.3. The topological polar surface area (TPSA) is 46.3 Å². The molecule has 3 nitrogen and oxygen atoms in total. The van der Waals surface area contributed by atoms with Gasteiger partial charge < -0.3 is 10.6 Å². The number of amides is 1. The van der Waals surface area contributed by atoms with Crippen LogP contribution in [0.5, 0.6) is 0 Å². The van der Waals surface area contributed by atoms with Gasteiger partial charge in [-0.15, -0.1) is 6.58 Å². The molecular formula is C18H25Cl2F3N2OS. The molecule has 2 N–H and O–H groups in total. The fraction of sp³-hybridized carbons (Fsp3) is 0.389. The molecule has 0 saturated carbocycles. The summed E-state index contributed by atoms with van der Waals surface area (Å²) in [5.41, 5.74) is 5.37. The molecule has 0 aliphatic rings. The molecule has 0 aromatic heterocycles. The van der Waals surface area contributed by atoms with Gasteiger partial charge in [0.1, 0.15) is 6.42 Å². The van der Waals surface area contributed by atoms with E-state index in [-0.39, 0.29) is 0 Å². The Morgan fingerprint density at radius 2 is 1.78 bits per heavy atom. The van der Waals surface area contributed by atoms with E-state index >= 15 is 0 Å². The zero-order chi connectivity index (χ0) is 22.0. The van der Waals surface area contributed by atoms with Crippen LogP contribution < -0.4 is 5.73 Å². The number of rotatable bonds is 2. The largest absolute Gasteiger partial charge is 0.397 e. The average molecular weight is 445 g/mol. The highest BCUT2D eigenvalue weighted by atomic mass is 35.5. The fourth-order valence-electron chi connectivity index (χ4n) is 1.13. The SMILES string of the molecule is C=CCC#Cc1ccc(Cl)c(Cl)c1.CN.CN(C)C(=O)CC(F)(F)F.CS. The van der Waals surface area contributed by atoms with Crippen LogP contribution >= 0.6 is 35.8 Å². The summed E-state index contributed by atoms with van der Waals surface area (Å²) in [4.78, 5) is 11.3. The maximum Gasteiger partial charge on any atom is 0.397 e. The second-order valence-corrected chi connectivity index (χ2v) is 5.32. The standard InChI is InChI=1S/C11H8Cl2.C5H8F3NO.CH5N.CH4S/c1-2-3-4-5-9-6-7-10(12)11(13)8-9;1-9(2)4(10)3-5(6,7)8;2*1-2/h2,6-8H,1,3H2;3H2,1-2H3;2H2,1H3;2H,1H3. The summed E-state index contributed by atoms with van der Waals surface area (Å²) in [6.07, 6.45) is -1.63. The van der Waals surface area contributed by atoms with Crippen molar-refractivity contribution in [3.05, 3.63) is 46.5 Å². The Morgan fingerprint density at radius 3 is 2.11 bits per heavy atom. The quantitative estimate of drug-likeness (QED) is 0.380. The van der Waals surface area contributed by atoms with E-state index in [0.717, 1.165) is 10.5 Å². The lowest BCUT2D eigenvalue weighted by Crippen LogP contribution is -2.27. The van der Waals surface area contributed by atoms with E-state index in [2.05, 4.69) is 36.8 Å².